The van der Waals surface area contributed by atoms with Gasteiger partial charge >= 0.3 is 40.9 Å². The highest BCUT2D eigenvalue weighted by Crippen LogP contribution is 2.46. The average Bonchev–Trinajstić information content (AvgIpc) is 0.759. The highest BCUT2D eigenvalue weighted by Gasteiger charge is 2.55. The molecule has 3 fully saturated rings. The second-order valence-electron chi connectivity index (χ2n) is 40.2. The Morgan fingerprint density at radius 3 is 1.10 bits per heavy atom. The fraction of sp³-hybridized carbons (Fsp3) is 0.578. The molecule has 3 saturated heterocycles. The SMILES string of the molecule is CCCCC(Cc1cc(C)c(O)c(C)c1)(C(=O)OC1CC(C)(C)N(C)C(C)(C)C1)C(=O)OC1CCC(C)(C)N(C)C1(C)C.Cc1cc(C)c(Cn2c(=O)n(Cc3c(C)cc(C)c(O)c3C)c(=O)n(Cc3c(C)cc(C)c(O)c3C)c2=O)c(C)c1O.Cc1cc(CCC(=O)OCCN2C(C)(C)CC(OC(=O)CCc3cc(C)c(O)c(C)c3)CC2(C)C)cc(C)c1O. The number of hydrogen-bond donors (Lipinski definition) is 6. The topological polar surface area (TPSA) is 302 Å². The maximum absolute atomic E-state index is 14.6. The Bertz CT molecular complexity index is 5020. The van der Waals surface area contributed by atoms with E-state index in [0.29, 0.717) is 133 Å². The van der Waals surface area contributed by atoms with Crippen molar-refractivity contribution in [3.63, 3.8) is 0 Å². The molecule has 2 atom stereocenters. The number of aryl methyl sites for hydroxylation is 14. The number of phenolic OH excluding ortho intramolecular Hbond substituents is 6. The third-order valence-electron chi connectivity index (χ3n) is 27.9. The monoisotopic (exact) mass is 1730 g/mol. The van der Waals surface area contributed by atoms with Crippen LogP contribution in [-0.4, -0.2) is 162 Å². The molecule has 3 aliphatic heterocycles. The van der Waals surface area contributed by atoms with Gasteiger partial charge in [0.25, 0.3) is 0 Å². The summed E-state index contributed by atoms with van der Waals surface area (Å²) in [5, 5.41) is 62.3. The molecule has 686 valence electrons. The van der Waals surface area contributed by atoms with Crippen LogP contribution in [0.25, 0.3) is 0 Å². The summed E-state index contributed by atoms with van der Waals surface area (Å²) in [7, 11) is 4.21. The molecule has 2 unspecified atom stereocenters. The Morgan fingerprint density at radius 1 is 0.408 bits per heavy atom. The fourth-order valence-corrected chi connectivity index (χ4v) is 19.9. The lowest BCUT2D eigenvalue weighted by atomic mass is 9.75. The number of carbonyl (C=O) groups is 4. The Balaban J connectivity index is 0.000000232. The number of carbonyl (C=O) groups excluding carboxylic acids is 4. The molecule has 10 rings (SSSR count). The number of likely N-dealkylation sites (N-methyl/N-ethyl adjacent to an activating group) is 1. The predicted octanol–water partition coefficient (Wildman–Crippen LogP) is 17.3. The van der Waals surface area contributed by atoms with Crippen LogP contribution < -0.4 is 17.1 Å². The maximum atomic E-state index is 14.6. The summed E-state index contributed by atoms with van der Waals surface area (Å²) in [6, 6.07) is 16.8. The van der Waals surface area contributed by atoms with Crippen molar-refractivity contribution < 1.29 is 68.8 Å². The number of rotatable bonds is 25. The van der Waals surface area contributed by atoms with Crippen LogP contribution in [0.4, 0.5) is 0 Å². The summed E-state index contributed by atoms with van der Waals surface area (Å²) in [5.74, 6) is -0.336. The Hall–Kier alpha value is -9.71. The first-order chi connectivity index (χ1) is 57.7. The van der Waals surface area contributed by atoms with E-state index in [1.54, 1.807) is 59.7 Å². The molecule has 0 amide bonds. The van der Waals surface area contributed by atoms with E-state index in [9.17, 15) is 64.2 Å². The summed E-state index contributed by atoms with van der Waals surface area (Å²) < 4.78 is 27.5. The maximum Gasteiger partial charge on any atom is 0.336 e. The summed E-state index contributed by atoms with van der Waals surface area (Å²) in [5.41, 5.74) is 10.3. The highest BCUT2D eigenvalue weighted by atomic mass is 16.6. The van der Waals surface area contributed by atoms with Crippen molar-refractivity contribution in [1.82, 2.24) is 28.4 Å². The molecule has 0 spiro atoms. The van der Waals surface area contributed by atoms with Gasteiger partial charge < -0.3 is 49.6 Å². The Morgan fingerprint density at radius 2 is 0.736 bits per heavy atom. The molecule has 125 heavy (non-hydrogen) atoms. The van der Waals surface area contributed by atoms with Gasteiger partial charge in [0, 0.05) is 72.8 Å². The van der Waals surface area contributed by atoms with Crippen molar-refractivity contribution in [1.29, 1.82) is 0 Å². The molecule has 7 aromatic rings. The Labute approximate surface area is 742 Å². The zero-order valence-corrected chi connectivity index (χ0v) is 80.7. The van der Waals surface area contributed by atoms with E-state index in [4.69, 9.17) is 18.9 Å². The number of aromatic hydroxyl groups is 6. The molecule has 1 aromatic heterocycles. The summed E-state index contributed by atoms with van der Waals surface area (Å²) >= 11 is 0. The van der Waals surface area contributed by atoms with Gasteiger partial charge in [-0.05, 0) is 356 Å². The van der Waals surface area contributed by atoms with E-state index in [-0.39, 0.29) is 113 Å². The van der Waals surface area contributed by atoms with Crippen molar-refractivity contribution in [3.05, 3.63) is 203 Å². The van der Waals surface area contributed by atoms with Gasteiger partial charge in [0.15, 0.2) is 5.41 Å². The third kappa shape index (κ3) is 22.6. The number of piperidine rings is 3. The number of esters is 4. The quantitative estimate of drug-likeness (QED) is 0.0176. The van der Waals surface area contributed by atoms with Crippen LogP contribution in [0.15, 0.2) is 69.0 Å². The minimum atomic E-state index is -1.49. The standard InChI is InChI=1S/C36H60N2O5.C33H39N3O6.C33H47NO6/c1-14-15-17-36(21-26-19-24(2)29(39)25(3)20-26,30(40)42-27-22-33(6,7)37(12)34(8,9)23-27)31(41)43-28-16-18-32(4,5)38(13)35(28,10)11;1-16-10-19(4)28(37)22(7)25(16)13-34-31(40)35(14-26-17(2)11-20(5)29(38)23(26)8)33(42)36(32(34)41)15-27-18(3)12-21(6)30(39)24(27)9;1-21-15-25(16-22(2)30(21)37)9-11-28(35)39-14-13-34-32(5,6)19-27(20-33(34,7)8)40-29(36)12-10-26-17-23(3)31(38)24(4)18-26/h19-20,27-28,39H,14-18,21-23H2,1-13H3;10-12,37-39H,13-15H2,1-9H3;15-18,27,37-38H,9-14,19-20H2,1-8H3. The number of likely N-dealkylation sites (tertiary alicyclic amines) is 3. The van der Waals surface area contributed by atoms with Crippen LogP contribution in [0.5, 0.6) is 34.5 Å². The van der Waals surface area contributed by atoms with Gasteiger partial charge in [-0.2, -0.15) is 0 Å². The van der Waals surface area contributed by atoms with Crippen LogP contribution in [0.1, 0.15) is 277 Å². The molecule has 23 nitrogen and oxygen atoms in total. The van der Waals surface area contributed by atoms with Gasteiger partial charge in [-0.25, -0.2) is 28.1 Å². The molecule has 23 heteroatoms. The fourth-order valence-electron chi connectivity index (χ4n) is 19.9. The minimum absolute atomic E-state index is 0.0283. The van der Waals surface area contributed by atoms with E-state index >= 15 is 0 Å². The summed E-state index contributed by atoms with van der Waals surface area (Å²) in [6.07, 6.45) is 7.27. The smallest absolute Gasteiger partial charge is 0.336 e. The van der Waals surface area contributed by atoms with Gasteiger partial charge in [0.1, 0.15) is 59.4 Å². The van der Waals surface area contributed by atoms with Gasteiger partial charge in [0.2, 0.25) is 0 Å². The van der Waals surface area contributed by atoms with E-state index < -0.39 is 40.0 Å². The molecule has 0 aliphatic carbocycles. The van der Waals surface area contributed by atoms with Crippen molar-refractivity contribution in [3.8, 4) is 34.5 Å². The van der Waals surface area contributed by atoms with Gasteiger partial charge in [0.05, 0.1) is 25.2 Å². The summed E-state index contributed by atoms with van der Waals surface area (Å²) in [4.78, 5) is 103. The largest absolute Gasteiger partial charge is 0.507 e. The first-order valence-electron chi connectivity index (χ1n) is 44.5. The third-order valence-corrected chi connectivity index (χ3v) is 27.9. The van der Waals surface area contributed by atoms with Crippen molar-refractivity contribution in [2.24, 2.45) is 5.41 Å². The van der Waals surface area contributed by atoms with Gasteiger partial charge in [-0.3, -0.25) is 33.9 Å². The molecular formula is C102H146N6O17. The predicted molar refractivity (Wildman–Crippen MR) is 494 cm³/mol. The second-order valence-corrected chi connectivity index (χ2v) is 40.2. The van der Waals surface area contributed by atoms with E-state index in [1.165, 1.54) is 0 Å². The lowest BCUT2D eigenvalue weighted by molar-refractivity contribution is -0.193. The molecule has 6 aromatic carbocycles. The van der Waals surface area contributed by atoms with E-state index in [1.807, 2.05) is 98.7 Å². The zero-order valence-electron chi connectivity index (χ0n) is 80.7. The van der Waals surface area contributed by atoms with Crippen LogP contribution in [0.3, 0.4) is 0 Å². The Kier molecular flexibility index (Phi) is 31.6. The summed E-state index contributed by atoms with van der Waals surface area (Å²) in [6.45, 7) is 55.7. The number of hydrogen-bond acceptors (Lipinski definition) is 20. The van der Waals surface area contributed by atoms with Crippen LogP contribution in [-0.2, 0) is 77.0 Å². The molecule has 3 aliphatic rings. The van der Waals surface area contributed by atoms with E-state index in [0.717, 1.165) is 99.7 Å². The molecule has 6 N–H and O–H groups in total. The second kappa shape index (κ2) is 39.3. The van der Waals surface area contributed by atoms with Gasteiger partial charge in [-0.15, -0.1) is 0 Å². The van der Waals surface area contributed by atoms with Crippen molar-refractivity contribution >= 4 is 23.9 Å². The number of benzene rings is 6. The van der Waals surface area contributed by atoms with Crippen LogP contribution in [0, 0.1) is 109 Å². The highest BCUT2D eigenvalue weighted by molar-refractivity contribution is 6.00. The number of unbranched alkanes of at least 4 members (excludes halogenated alkanes) is 1. The number of nitrogens with zero attached hydrogens (tertiary/aromatic N) is 6. The number of aromatic nitrogens is 3. The van der Waals surface area contributed by atoms with Crippen molar-refractivity contribution in [2.45, 2.75) is 355 Å². The molecular weight excluding hydrogens is 1580 g/mol. The molecule has 4 heterocycles. The lowest BCUT2D eigenvalue weighted by Crippen LogP contribution is -2.64. The zero-order chi connectivity index (χ0) is 94.0. The van der Waals surface area contributed by atoms with Crippen LogP contribution in [0.2, 0.25) is 0 Å². The average molecular weight is 1730 g/mol. The molecule has 0 saturated carbocycles. The van der Waals surface area contributed by atoms with E-state index in [2.05, 4.69) is 119 Å². The van der Waals surface area contributed by atoms with Crippen LogP contribution >= 0.6 is 0 Å². The number of ether oxygens (including phenoxy) is 4. The minimum Gasteiger partial charge on any atom is -0.507 e. The van der Waals surface area contributed by atoms with Crippen molar-refractivity contribution in [2.75, 3.05) is 27.2 Å². The molecule has 0 radical (unpaired) electrons. The van der Waals surface area contributed by atoms with Gasteiger partial charge in [-0.1, -0.05) is 74.4 Å². The normalized spacial score (nSPS) is 17.9. The number of phenols is 6. The lowest BCUT2D eigenvalue weighted by Gasteiger charge is -2.54. The first kappa shape index (κ1) is 101. The molecule has 0 bridgehead atoms. The first-order valence-corrected chi connectivity index (χ1v) is 44.5.